The van der Waals surface area contributed by atoms with Gasteiger partial charge >= 0.3 is 6.03 Å². The Labute approximate surface area is 106 Å². The first-order valence-electron chi connectivity index (χ1n) is 5.79. The van der Waals surface area contributed by atoms with Gasteiger partial charge in [0.1, 0.15) is 0 Å². The van der Waals surface area contributed by atoms with Gasteiger partial charge in [0, 0.05) is 17.8 Å². The maximum atomic E-state index is 11.8. The van der Waals surface area contributed by atoms with Crippen LogP contribution in [0, 0.1) is 13.8 Å². The van der Waals surface area contributed by atoms with E-state index in [0.717, 1.165) is 22.4 Å². The van der Waals surface area contributed by atoms with Gasteiger partial charge in [0.25, 0.3) is 0 Å². The fourth-order valence-corrected chi connectivity index (χ4v) is 1.74. The van der Waals surface area contributed by atoms with Gasteiger partial charge in [0.15, 0.2) is 0 Å². The van der Waals surface area contributed by atoms with Crippen LogP contribution in [-0.2, 0) is 6.54 Å². The summed E-state index contributed by atoms with van der Waals surface area (Å²) in [6.07, 6.45) is 3.19. The first-order valence-corrected chi connectivity index (χ1v) is 5.79. The van der Waals surface area contributed by atoms with E-state index in [-0.39, 0.29) is 6.03 Å². The van der Waals surface area contributed by atoms with Crippen molar-refractivity contribution in [2.24, 2.45) is 0 Å². The highest BCUT2D eigenvalue weighted by molar-refractivity contribution is 5.90. The average Bonchev–Trinajstić information content (AvgIpc) is 2.84. The number of urea groups is 1. The third-order valence-corrected chi connectivity index (χ3v) is 2.75. The Morgan fingerprint density at radius 3 is 2.56 bits per heavy atom. The molecule has 1 aromatic carbocycles. The van der Waals surface area contributed by atoms with Gasteiger partial charge in [-0.05, 0) is 31.0 Å². The van der Waals surface area contributed by atoms with Gasteiger partial charge in [-0.1, -0.05) is 18.2 Å². The van der Waals surface area contributed by atoms with Crippen LogP contribution >= 0.6 is 0 Å². The SMILES string of the molecule is Cc1cccc(C)c1NC(=O)NCc1ccoc1. The topological polar surface area (TPSA) is 54.3 Å². The molecule has 0 bridgehead atoms. The second kappa shape index (κ2) is 5.40. The summed E-state index contributed by atoms with van der Waals surface area (Å²) in [5, 5.41) is 5.64. The number of benzene rings is 1. The van der Waals surface area contributed by atoms with Crippen molar-refractivity contribution in [2.45, 2.75) is 20.4 Å². The minimum atomic E-state index is -0.214. The number of anilines is 1. The number of aryl methyl sites for hydroxylation is 2. The molecule has 1 heterocycles. The second-order valence-corrected chi connectivity index (χ2v) is 4.21. The molecule has 0 aliphatic carbocycles. The van der Waals surface area contributed by atoms with E-state index in [2.05, 4.69) is 10.6 Å². The number of para-hydroxylation sites is 1. The van der Waals surface area contributed by atoms with Crippen molar-refractivity contribution >= 4 is 11.7 Å². The van der Waals surface area contributed by atoms with Crippen molar-refractivity contribution in [2.75, 3.05) is 5.32 Å². The monoisotopic (exact) mass is 244 g/mol. The summed E-state index contributed by atoms with van der Waals surface area (Å²) in [5.41, 5.74) is 3.90. The molecule has 0 spiro atoms. The van der Waals surface area contributed by atoms with Crippen LogP contribution in [0.3, 0.4) is 0 Å². The van der Waals surface area contributed by atoms with Crippen molar-refractivity contribution in [3.8, 4) is 0 Å². The van der Waals surface area contributed by atoms with E-state index < -0.39 is 0 Å². The highest BCUT2D eigenvalue weighted by Gasteiger charge is 2.06. The molecule has 94 valence electrons. The van der Waals surface area contributed by atoms with E-state index in [1.54, 1.807) is 12.5 Å². The molecular weight excluding hydrogens is 228 g/mol. The Kier molecular flexibility index (Phi) is 3.67. The lowest BCUT2D eigenvalue weighted by molar-refractivity contribution is 0.251. The lowest BCUT2D eigenvalue weighted by atomic mass is 10.1. The normalized spacial score (nSPS) is 10.1. The summed E-state index contributed by atoms with van der Waals surface area (Å²) in [4.78, 5) is 11.8. The Morgan fingerprint density at radius 1 is 1.22 bits per heavy atom. The molecule has 0 atom stereocenters. The molecule has 2 N–H and O–H groups in total. The number of furan rings is 1. The zero-order valence-corrected chi connectivity index (χ0v) is 10.5. The fourth-order valence-electron chi connectivity index (χ4n) is 1.74. The van der Waals surface area contributed by atoms with Crippen LogP contribution in [0.2, 0.25) is 0 Å². The van der Waals surface area contributed by atoms with Crippen LogP contribution in [0.15, 0.2) is 41.2 Å². The number of rotatable bonds is 3. The highest BCUT2D eigenvalue weighted by Crippen LogP contribution is 2.19. The second-order valence-electron chi connectivity index (χ2n) is 4.21. The van der Waals surface area contributed by atoms with Crippen molar-refractivity contribution in [3.05, 3.63) is 53.5 Å². The maximum absolute atomic E-state index is 11.8. The zero-order valence-electron chi connectivity index (χ0n) is 10.5. The molecule has 0 aliphatic rings. The fraction of sp³-hybridized carbons (Fsp3) is 0.214. The van der Waals surface area contributed by atoms with Gasteiger partial charge in [0.05, 0.1) is 12.5 Å². The lowest BCUT2D eigenvalue weighted by Gasteiger charge is -2.11. The number of hydrogen-bond donors (Lipinski definition) is 2. The minimum absolute atomic E-state index is 0.214. The van der Waals surface area contributed by atoms with Crippen LogP contribution in [0.25, 0.3) is 0 Å². The van der Waals surface area contributed by atoms with E-state index in [9.17, 15) is 4.79 Å². The molecule has 1 aromatic heterocycles. The molecule has 0 fully saturated rings. The number of carbonyl (C=O) groups is 1. The number of carbonyl (C=O) groups excluding carboxylic acids is 1. The average molecular weight is 244 g/mol. The van der Waals surface area contributed by atoms with Crippen molar-refractivity contribution < 1.29 is 9.21 Å². The van der Waals surface area contributed by atoms with Crippen LogP contribution in [0.1, 0.15) is 16.7 Å². The first kappa shape index (κ1) is 12.2. The quantitative estimate of drug-likeness (QED) is 0.871. The molecule has 4 heteroatoms. The molecule has 0 aliphatic heterocycles. The van der Waals surface area contributed by atoms with E-state index >= 15 is 0 Å². The Hall–Kier alpha value is -2.23. The van der Waals surface area contributed by atoms with Gasteiger partial charge in [-0.25, -0.2) is 4.79 Å². The first-order chi connectivity index (χ1) is 8.66. The van der Waals surface area contributed by atoms with Gasteiger partial charge in [0.2, 0.25) is 0 Å². The molecule has 0 unspecified atom stereocenters. The molecule has 0 saturated heterocycles. The molecule has 0 saturated carbocycles. The third kappa shape index (κ3) is 2.91. The Morgan fingerprint density at radius 2 is 1.94 bits per heavy atom. The largest absolute Gasteiger partial charge is 0.472 e. The van der Waals surface area contributed by atoms with Crippen molar-refractivity contribution in [1.29, 1.82) is 0 Å². The Balaban J connectivity index is 1.95. The number of nitrogens with one attached hydrogen (secondary N) is 2. The van der Waals surface area contributed by atoms with Crippen LogP contribution < -0.4 is 10.6 Å². The van der Waals surface area contributed by atoms with E-state index in [1.165, 1.54) is 0 Å². The maximum Gasteiger partial charge on any atom is 0.319 e. The lowest BCUT2D eigenvalue weighted by Crippen LogP contribution is -2.28. The van der Waals surface area contributed by atoms with E-state index in [1.807, 2.05) is 38.1 Å². The minimum Gasteiger partial charge on any atom is -0.472 e. The summed E-state index contributed by atoms with van der Waals surface area (Å²) >= 11 is 0. The van der Waals surface area contributed by atoms with Crippen molar-refractivity contribution in [1.82, 2.24) is 5.32 Å². The molecular formula is C14H16N2O2. The third-order valence-electron chi connectivity index (χ3n) is 2.75. The predicted molar refractivity (Wildman–Crippen MR) is 70.5 cm³/mol. The Bertz CT molecular complexity index is 512. The van der Waals surface area contributed by atoms with Gasteiger partial charge in [-0.3, -0.25) is 0 Å². The van der Waals surface area contributed by atoms with E-state index in [0.29, 0.717) is 6.54 Å². The summed E-state index contributed by atoms with van der Waals surface area (Å²) in [7, 11) is 0. The van der Waals surface area contributed by atoms with Crippen LogP contribution in [0.4, 0.5) is 10.5 Å². The molecule has 2 rings (SSSR count). The molecule has 2 aromatic rings. The standard InChI is InChI=1S/C14H16N2O2/c1-10-4-3-5-11(2)13(10)16-14(17)15-8-12-6-7-18-9-12/h3-7,9H,8H2,1-2H3,(H2,15,16,17). The van der Waals surface area contributed by atoms with E-state index in [4.69, 9.17) is 4.42 Å². The smallest absolute Gasteiger partial charge is 0.319 e. The molecule has 18 heavy (non-hydrogen) atoms. The highest BCUT2D eigenvalue weighted by atomic mass is 16.3. The van der Waals surface area contributed by atoms with Crippen LogP contribution in [-0.4, -0.2) is 6.03 Å². The predicted octanol–water partition coefficient (Wildman–Crippen LogP) is 3.22. The van der Waals surface area contributed by atoms with Gasteiger partial charge in [-0.2, -0.15) is 0 Å². The summed E-state index contributed by atoms with van der Waals surface area (Å²) in [6.45, 7) is 4.39. The zero-order chi connectivity index (χ0) is 13.0. The van der Waals surface area contributed by atoms with Crippen LogP contribution in [0.5, 0.6) is 0 Å². The number of amides is 2. The number of hydrogen-bond acceptors (Lipinski definition) is 2. The van der Waals surface area contributed by atoms with Gasteiger partial charge in [-0.15, -0.1) is 0 Å². The van der Waals surface area contributed by atoms with Gasteiger partial charge < -0.3 is 15.1 Å². The molecule has 2 amide bonds. The summed E-state index contributed by atoms with van der Waals surface area (Å²) < 4.78 is 4.93. The molecule has 0 radical (unpaired) electrons. The summed E-state index contributed by atoms with van der Waals surface area (Å²) in [5.74, 6) is 0. The summed E-state index contributed by atoms with van der Waals surface area (Å²) in [6, 6.07) is 7.52. The molecule has 4 nitrogen and oxygen atoms in total. The van der Waals surface area contributed by atoms with Crippen molar-refractivity contribution in [3.63, 3.8) is 0 Å².